The number of hydrogen-bond acceptors (Lipinski definition) is 5. The molecule has 7 heteroatoms. The van der Waals surface area contributed by atoms with Crippen LogP contribution in [0.3, 0.4) is 0 Å². The predicted octanol–water partition coefficient (Wildman–Crippen LogP) is 4.31. The average Bonchev–Trinajstić information content (AvgIpc) is 3.04. The predicted molar refractivity (Wildman–Crippen MR) is 112 cm³/mol. The van der Waals surface area contributed by atoms with Crippen molar-refractivity contribution < 1.29 is 13.9 Å². The Labute approximate surface area is 169 Å². The molecule has 0 amide bonds. The number of ether oxygens (including phenoxy) is 1. The Hall–Kier alpha value is -1.73. The van der Waals surface area contributed by atoms with Gasteiger partial charge in [-0.3, -0.25) is 14.7 Å². The van der Waals surface area contributed by atoms with Crippen LogP contribution in [0.25, 0.3) is 0 Å². The lowest BCUT2D eigenvalue weighted by atomic mass is 10.1. The zero-order valence-corrected chi connectivity index (χ0v) is 18.0. The average molecular weight is 408 g/mol. The lowest BCUT2D eigenvalue weighted by Gasteiger charge is -2.35. The Morgan fingerprint density at radius 3 is 2.61 bits per heavy atom. The first-order valence-electron chi connectivity index (χ1n) is 9.89. The van der Waals surface area contributed by atoms with E-state index in [1.54, 1.807) is 25.4 Å². The number of carbonyl (C=O) groups is 1. The van der Waals surface area contributed by atoms with Crippen LogP contribution in [-0.2, 0) is 11.3 Å². The van der Waals surface area contributed by atoms with Gasteiger partial charge in [0.1, 0.15) is 11.3 Å². The number of aromatic nitrogens is 2. The first-order valence-corrected chi connectivity index (χ1v) is 11.4. The van der Waals surface area contributed by atoms with Crippen molar-refractivity contribution in [3.05, 3.63) is 40.3 Å². The SMILES string of the molecule is CCC(=O)C1=C(F)[SH](C2CCN(Cc3nccnc3OC(C)(C)C)CC2)C=C1. The highest BCUT2D eigenvalue weighted by Gasteiger charge is 2.31. The van der Waals surface area contributed by atoms with Crippen LogP contribution in [0.15, 0.2) is 34.6 Å². The quantitative estimate of drug-likeness (QED) is 0.712. The number of hydrogen-bond donors (Lipinski definition) is 1. The second kappa shape index (κ2) is 8.74. The third-order valence-corrected chi connectivity index (χ3v) is 7.40. The third-order valence-electron chi connectivity index (χ3n) is 4.93. The molecule has 0 radical (unpaired) electrons. The van der Waals surface area contributed by atoms with Crippen molar-refractivity contribution in [2.75, 3.05) is 13.1 Å². The Balaban J connectivity index is 1.60. The van der Waals surface area contributed by atoms with E-state index in [-0.39, 0.29) is 16.5 Å². The molecule has 0 saturated carbocycles. The summed E-state index contributed by atoms with van der Waals surface area (Å²) in [4.78, 5) is 23.0. The molecule has 1 aromatic heterocycles. The maximum Gasteiger partial charge on any atom is 0.237 e. The van der Waals surface area contributed by atoms with Gasteiger partial charge in [0, 0.05) is 25.4 Å². The van der Waals surface area contributed by atoms with Crippen molar-refractivity contribution in [2.45, 2.75) is 64.4 Å². The molecule has 3 rings (SSSR count). The van der Waals surface area contributed by atoms with Gasteiger partial charge in [0.15, 0.2) is 10.9 Å². The van der Waals surface area contributed by atoms with Gasteiger partial charge in [-0.2, -0.15) is 10.9 Å². The number of carbonyl (C=O) groups excluding carboxylic acids is 1. The van der Waals surface area contributed by atoms with Gasteiger partial charge in [-0.05, 0) is 63.4 Å². The minimum Gasteiger partial charge on any atom is -0.471 e. The molecule has 0 spiro atoms. The number of piperidine rings is 1. The molecular weight excluding hydrogens is 377 g/mol. The lowest BCUT2D eigenvalue weighted by Crippen LogP contribution is -2.36. The van der Waals surface area contributed by atoms with E-state index in [4.69, 9.17) is 4.74 Å². The Bertz CT molecular complexity index is 780. The van der Waals surface area contributed by atoms with Crippen molar-refractivity contribution in [1.82, 2.24) is 14.9 Å². The van der Waals surface area contributed by atoms with E-state index in [1.807, 2.05) is 26.2 Å². The van der Waals surface area contributed by atoms with E-state index in [0.717, 1.165) is 31.6 Å². The summed E-state index contributed by atoms with van der Waals surface area (Å²) in [7, 11) is -0.973. The van der Waals surface area contributed by atoms with Crippen LogP contribution in [0.4, 0.5) is 4.39 Å². The fourth-order valence-corrected chi connectivity index (χ4v) is 5.78. The molecule has 0 aliphatic carbocycles. The molecule has 28 heavy (non-hydrogen) atoms. The smallest absolute Gasteiger partial charge is 0.237 e. The molecule has 2 aliphatic heterocycles. The van der Waals surface area contributed by atoms with Crippen LogP contribution in [0, 0.1) is 0 Å². The van der Waals surface area contributed by atoms with E-state index < -0.39 is 10.9 Å². The molecule has 1 aromatic rings. The van der Waals surface area contributed by atoms with Crippen LogP contribution in [0.2, 0.25) is 0 Å². The second-order valence-corrected chi connectivity index (χ2v) is 10.5. The minimum absolute atomic E-state index is 0.0924. The number of allylic oxidation sites excluding steroid dienone is 2. The van der Waals surface area contributed by atoms with Crippen molar-refractivity contribution >= 4 is 16.7 Å². The highest BCUT2D eigenvalue weighted by Crippen LogP contribution is 2.52. The summed E-state index contributed by atoms with van der Waals surface area (Å²) in [5, 5.41) is 2.07. The van der Waals surface area contributed by atoms with Crippen LogP contribution in [0.1, 0.15) is 52.7 Å². The number of Topliss-reactive ketones (excluding diaryl/α,β-unsaturated/α-hetero) is 1. The number of nitrogens with zero attached hydrogens (tertiary/aromatic N) is 3. The van der Waals surface area contributed by atoms with Gasteiger partial charge in [-0.15, -0.1) is 0 Å². The maximum absolute atomic E-state index is 14.7. The number of likely N-dealkylation sites (tertiary alicyclic amines) is 1. The molecule has 1 atom stereocenters. The van der Waals surface area contributed by atoms with Crippen molar-refractivity contribution in [3.8, 4) is 5.88 Å². The number of halogens is 1. The number of ketones is 1. The molecule has 1 saturated heterocycles. The van der Waals surface area contributed by atoms with Gasteiger partial charge in [-0.1, -0.05) is 6.92 Å². The summed E-state index contributed by atoms with van der Waals surface area (Å²) in [6.07, 6.45) is 7.24. The van der Waals surface area contributed by atoms with E-state index in [9.17, 15) is 9.18 Å². The van der Waals surface area contributed by atoms with E-state index in [0.29, 0.717) is 29.7 Å². The normalized spacial score (nSPS) is 22.7. The molecule has 0 aromatic carbocycles. The summed E-state index contributed by atoms with van der Waals surface area (Å²) < 4.78 is 20.6. The van der Waals surface area contributed by atoms with Crippen LogP contribution >= 0.6 is 10.9 Å². The molecular formula is C21H30FN3O2S. The van der Waals surface area contributed by atoms with Gasteiger partial charge in [0.25, 0.3) is 0 Å². The lowest BCUT2D eigenvalue weighted by molar-refractivity contribution is -0.115. The van der Waals surface area contributed by atoms with Gasteiger partial charge in [-0.25, -0.2) is 9.37 Å². The first kappa shape index (κ1) is 21.0. The van der Waals surface area contributed by atoms with E-state index >= 15 is 0 Å². The van der Waals surface area contributed by atoms with Crippen LogP contribution in [-0.4, -0.2) is 44.6 Å². The van der Waals surface area contributed by atoms with E-state index in [1.165, 1.54) is 0 Å². The first-order chi connectivity index (χ1) is 13.3. The summed E-state index contributed by atoms with van der Waals surface area (Å²) in [5.41, 5.74) is 0.816. The largest absolute Gasteiger partial charge is 0.471 e. The molecule has 2 aliphatic rings. The fraction of sp³-hybridized carbons (Fsp3) is 0.571. The van der Waals surface area contributed by atoms with E-state index in [2.05, 4.69) is 14.9 Å². The molecule has 154 valence electrons. The molecule has 0 N–H and O–H groups in total. The van der Waals surface area contributed by atoms with Gasteiger partial charge < -0.3 is 4.74 Å². The molecule has 5 nitrogen and oxygen atoms in total. The summed E-state index contributed by atoms with van der Waals surface area (Å²) in [5.74, 6) is 0.488. The van der Waals surface area contributed by atoms with Crippen molar-refractivity contribution in [3.63, 3.8) is 0 Å². The monoisotopic (exact) mass is 407 g/mol. The van der Waals surface area contributed by atoms with Crippen LogP contribution < -0.4 is 4.74 Å². The molecule has 3 heterocycles. The Kier molecular flexibility index (Phi) is 6.55. The summed E-state index contributed by atoms with van der Waals surface area (Å²) >= 11 is 0. The van der Waals surface area contributed by atoms with Crippen LogP contribution in [0.5, 0.6) is 5.88 Å². The fourth-order valence-electron chi connectivity index (χ4n) is 3.51. The van der Waals surface area contributed by atoms with Gasteiger partial charge >= 0.3 is 0 Å². The van der Waals surface area contributed by atoms with Gasteiger partial charge in [0.05, 0.1) is 5.57 Å². The van der Waals surface area contributed by atoms with Crippen molar-refractivity contribution in [2.24, 2.45) is 0 Å². The van der Waals surface area contributed by atoms with Gasteiger partial charge in [0.2, 0.25) is 5.88 Å². The molecule has 0 bridgehead atoms. The molecule has 1 fully saturated rings. The zero-order chi connectivity index (χ0) is 20.3. The molecule has 1 unspecified atom stereocenters. The highest BCUT2D eigenvalue weighted by molar-refractivity contribution is 8.23. The Morgan fingerprint density at radius 2 is 1.96 bits per heavy atom. The minimum atomic E-state index is -0.973. The highest BCUT2D eigenvalue weighted by atomic mass is 32.2. The summed E-state index contributed by atoms with van der Waals surface area (Å²) in [6, 6.07) is 0. The second-order valence-electron chi connectivity index (χ2n) is 8.23. The van der Waals surface area contributed by atoms with Crippen molar-refractivity contribution in [1.29, 1.82) is 0 Å². The standard InChI is InChI=1S/C21H30FN3O2S/c1-5-18(26)16-8-13-28(19(16)22)15-6-11-25(12-7-15)14-17-20(24-10-9-23-17)27-21(2,3)4/h8-10,13,15,28H,5-7,11-12,14H2,1-4H3. The Morgan fingerprint density at radius 1 is 1.29 bits per heavy atom. The third kappa shape index (κ3) is 5.00. The maximum atomic E-state index is 14.7. The number of rotatable bonds is 6. The topological polar surface area (TPSA) is 55.3 Å². The summed E-state index contributed by atoms with van der Waals surface area (Å²) in [6.45, 7) is 10.2. The number of thiol groups is 1. The zero-order valence-electron chi connectivity index (χ0n) is 17.1.